The molecule has 0 saturated heterocycles. The van der Waals surface area contributed by atoms with Crippen LogP contribution in [0.2, 0.25) is 5.02 Å². The van der Waals surface area contributed by atoms with Gasteiger partial charge in [-0.2, -0.15) is 0 Å². The Kier molecular flexibility index (Phi) is 4.88. The molecule has 106 valence electrons. The number of halogens is 1. The average Bonchev–Trinajstić information content (AvgIpc) is 2.46. The van der Waals surface area contributed by atoms with E-state index in [-0.39, 0.29) is 12.1 Å². The fraction of sp³-hybridized carbons (Fsp3) is 0.250. The first kappa shape index (κ1) is 14.7. The van der Waals surface area contributed by atoms with E-state index in [1.807, 2.05) is 49.4 Å². The van der Waals surface area contributed by atoms with Crippen LogP contribution in [0.4, 0.5) is 0 Å². The van der Waals surface area contributed by atoms with Crippen molar-refractivity contribution in [3.63, 3.8) is 0 Å². The van der Waals surface area contributed by atoms with Gasteiger partial charge in [0.1, 0.15) is 17.6 Å². The van der Waals surface area contributed by atoms with Crippen LogP contribution < -0.4 is 15.2 Å². The SMILES string of the molecule is COc1ccccc1C(Oc1ccccc1Cl)C(C)N. The van der Waals surface area contributed by atoms with E-state index in [1.165, 1.54) is 0 Å². The third-order valence-electron chi connectivity index (χ3n) is 3.01. The fourth-order valence-electron chi connectivity index (χ4n) is 2.03. The third kappa shape index (κ3) is 3.24. The standard InChI is InChI=1S/C16H18ClNO2/c1-11(18)16(12-7-3-5-9-14(12)19-2)20-15-10-6-4-8-13(15)17/h3-11,16H,18H2,1-2H3. The molecule has 0 radical (unpaired) electrons. The van der Waals surface area contributed by atoms with Gasteiger partial charge in [0, 0.05) is 11.6 Å². The highest BCUT2D eigenvalue weighted by Gasteiger charge is 2.22. The van der Waals surface area contributed by atoms with E-state index in [1.54, 1.807) is 13.2 Å². The Balaban J connectivity index is 2.35. The van der Waals surface area contributed by atoms with Crippen molar-refractivity contribution in [3.8, 4) is 11.5 Å². The second-order valence-corrected chi connectivity index (χ2v) is 4.98. The predicted molar refractivity (Wildman–Crippen MR) is 81.5 cm³/mol. The van der Waals surface area contributed by atoms with E-state index in [0.29, 0.717) is 10.8 Å². The molecule has 0 aliphatic rings. The van der Waals surface area contributed by atoms with Crippen LogP contribution >= 0.6 is 11.6 Å². The molecular formula is C16H18ClNO2. The van der Waals surface area contributed by atoms with Gasteiger partial charge in [0.05, 0.1) is 12.1 Å². The van der Waals surface area contributed by atoms with Gasteiger partial charge in [0.15, 0.2) is 0 Å². The summed E-state index contributed by atoms with van der Waals surface area (Å²) in [6.45, 7) is 1.90. The van der Waals surface area contributed by atoms with E-state index in [9.17, 15) is 0 Å². The highest BCUT2D eigenvalue weighted by atomic mass is 35.5. The van der Waals surface area contributed by atoms with Crippen LogP contribution in [0.5, 0.6) is 11.5 Å². The summed E-state index contributed by atoms with van der Waals surface area (Å²) < 4.78 is 11.4. The summed E-state index contributed by atoms with van der Waals surface area (Å²) >= 11 is 6.14. The molecule has 2 rings (SSSR count). The second-order valence-electron chi connectivity index (χ2n) is 4.57. The van der Waals surface area contributed by atoms with Gasteiger partial charge in [-0.1, -0.05) is 41.9 Å². The molecule has 0 bridgehead atoms. The number of rotatable bonds is 5. The van der Waals surface area contributed by atoms with Crippen LogP contribution in [-0.2, 0) is 0 Å². The number of nitrogens with two attached hydrogens (primary N) is 1. The van der Waals surface area contributed by atoms with Crippen molar-refractivity contribution in [2.24, 2.45) is 5.73 Å². The first-order valence-electron chi connectivity index (χ1n) is 6.43. The van der Waals surface area contributed by atoms with Crippen LogP contribution in [0.15, 0.2) is 48.5 Å². The van der Waals surface area contributed by atoms with Gasteiger partial charge in [0.2, 0.25) is 0 Å². The van der Waals surface area contributed by atoms with E-state index < -0.39 is 0 Å². The van der Waals surface area contributed by atoms with Crippen molar-refractivity contribution in [2.45, 2.75) is 19.1 Å². The molecule has 0 aliphatic carbocycles. The number of hydrogen-bond donors (Lipinski definition) is 1. The highest BCUT2D eigenvalue weighted by Crippen LogP contribution is 2.33. The molecule has 0 spiro atoms. The fourth-order valence-corrected chi connectivity index (χ4v) is 2.21. The summed E-state index contributed by atoms with van der Waals surface area (Å²) in [5.41, 5.74) is 6.97. The molecule has 2 aromatic rings. The van der Waals surface area contributed by atoms with Crippen LogP contribution in [0, 0.1) is 0 Å². The monoisotopic (exact) mass is 291 g/mol. The minimum Gasteiger partial charge on any atom is -0.496 e. The van der Waals surface area contributed by atoms with Crippen LogP contribution in [0.1, 0.15) is 18.6 Å². The molecule has 0 saturated carbocycles. The molecule has 0 aromatic heterocycles. The molecule has 0 aliphatic heterocycles. The van der Waals surface area contributed by atoms with E-state index >= 15 is 0 Å². The van der Waals surface area contributed by atoms with E-state index in [4.69, 9.17) is 26.8 Å². The molecule has 2 N–H and O–H groups in total. The Morgan fingerprint density at radius 3 is 2.20 bits per heavy atom. The number of hydrogen-bond acceptors (Lipinski definition) is 3. The van der Waals surface area contributed by atoms with Crippen LogP contribution in [0.25, 0.3) is 0 Å². The molecule has 4 heteroatoms. The minimum absolute atomic E-state index is 0.206. The van der Waals surface area contributed by atoms with Gasteiger partial charge in [0.25, 0.3) is 0 Å². The van der Waals surface area contributed by atoms with Crippen molar-refractivity contribution < 1.29 is 9.47 Å². The minimum atomic E-state index is -0.328. The molecule has 3 nitrogen and oxygen atoms in total. The lowest BCUT2D eigenvalue weighted by molar-refractivity contribution is 0.176. The van der Waals surface area contributed by atoms with E-state index in [2.05, 4.69) is 0 Å². The van der Waals surface area contributed by atoms with Crippen molar-refractivity contribution in [2.75, 3.05) is 7.11 Å². The van der Waals surface area contributed by atoms with Gasteiger partial charge in [-0.15, -0.1) is 0 Å². The second kappa shape index (κ2) is 6.64. The Labute approximate surface area is 124 Å². The van der Waals surface area contributed by atoms with E-state index in [0.717, 1.165) is 11.3 Å². The zero-order valence-electron chi connectivity index (χ0n) is 11.5. The first-order chi connectivity index (χ1) is 9.63. The molecule has 0 heterocycles. The average molecular weight is 292 g/mol. The summed E-state index contributed by atoms with van der Waals surface area (Å²) in [4.78, 5) is 0. The highest BCUT2D eigenvalue weighted by molar-refractivity contribution is 6.32. The Bertz CT molecular complexity index is 572. The zero-order chi connectivity index (χ0) is 14.5. The molecule has 0 fully saturated rings. The Morgan fingerprint density at radius 2 is 1.60 bits per heavy atom. The normalized spacial score (nSPS) is 13.6. The smallest absolute Gasteiger partial charge is 0.142 e. The topological polar surface area (TPSA) is 44.5 Å². The summed E-state index contributed by atoms with van der Waals surface area (Å²) in [7, 11) is 1.63. The number of benzene rings is 2. The van der Waals surface area contributed by atoms with Gasteiger partial charge in [-0.25, -0.2) is 0 Å². The number of para-hydroxylation sites is 2. The Morgan fingerprint density at radius 1 is 1.00 bits per heavy atom. The van der Waals surface area contributed by atoms with Gasteiger partial charge in [-0.3, -0.25) is 0 Å². The number of ether oxygens (including phenoxy) is 2. The Hall–Kier alpha value is -1.71. The maximum Gasteiger partial charge on any atom is 0.142 e. The van der Waals surface area contributed by atoms with Gasteiger partial charge >= 0.3 is 0 Å². The summed E-state index contributed by atoms with van der Waals surface area (Å²) in [6.07, 6.45) is -0.328. The van der Waals surface area contributed by atoms with Crippen molar-refractivity contribution in [1.29, 1.82) is 0 Å². The molecule has 2 aromatic carbocycles. The van der Waals surface area contributed by atoms with Gasteiger partial charge in [-0.05, 0) is 25.1 Å². The lowest BCUT2D eigenvalue weighted by Gasteiger charge is -2.25. The molecule has 20 heavy (non-hydrogen) atoms. The third-order valence-corrected chi connectivity index (χ3v) is 3.33. The summed E-state index contributed by atoms with van der Waals surface area (Å²) in [5.74, 6) is 1.37. The maximum absolute atomic E-state index is 6.14. The maximum atomic E-state index is 6.14. The lowest BCUT2D eigenvalue weighted by Crippen LogP contribution is -2.29. The molecule has 0 amide bonds. The quantitative estimate of drug-likeness (QED) is 0.911. The summed E-state index contributed by atoms with van der Waals surface area (Å²) in [5, 5.41) is 0.563. The van der Waals surface area contributed by atoms with Crippen molar-refractivity contribution >= 4 is 11.6 Å². The van der Waals surface area contributed by atoms with Crippen molar-refractivity contribution in [1.82, 2.24) is 0 Å². The predicted octanol–water partition coefficient (Wildman–Crippen LogP) is 3.82. The largest absolute Gasteiger partial charge is 0.496 e. The molecule has 2 unspecified atom stereocenters. The lowest BCUT2D eigenvalue weighted by atomic mass is 10.0. The zero-order valence-corrected chi connectivity index (χ0v) is 12.3. The summed E-state index contributed by atoms with van der Waals surface area (Å²) in [6, 6.07) is 14.8. The van der Waals surface area contributed by atoms with Crippen molar-refractivity contribution in [3.05, 3.63) is 59.1 Å². The van der Waals surface area contributed by atoms with Gasteiger partial charge < -0.3 is 15.2 Å². The molecular weight excluding hydrogens is 274 g/mol. The van der Waals surface area contributed by atoms with Crippen LogP contribution in [-0.4, -0.2) is 13.2 Å². The first-order valence-corrected chi connectivity index (χ1v) is 6.81. The van der Waals surface area contributed by atoms with Crippen LogP contribution in [0.3, 0.4) is 0 Å². The number of methoxy groups -OCH3 is 1. The molecule has 2 atom stereocenters.